The molecule has 2 amide bonds. The van der Waals surface area contributed by atoms with E-state index in [2.05, 4.69) is 20.7 Å². The highest BCUT2D eigenvalue weighted by molar-refractivity contribution is 7.89. The van der Waals surface area contributed by atoms with Crippen molar-refractivity contribution in [1.29, 1.82) is 0 Å². The molecule has 1 fully saturated rings. The highest BCUT2D eigenvalue weighted by atomic mass is 35.5. The molecule has 10 heteroatoms. The van der Waals surface area contributed by atoms with E-state index in [0.29, 0.717) is 18.0 Å². The number of nitrogens with one attached hydrogen (secondary N) is 4. The van der Waals surface area contributed by atoms with Gasteiger partial charge in [-0.15, -0.1) is 12.4 Å². The summed E-state index contributed by atoms with van der Waals surface area (Å²) in [6.45, 7) is 1.79. The van der Waals surface area contributed by atoms with Crippen molar-refractivity contribution in [3.05, 3.63) is 24.3 Å². The first-order chi connectivity index (χ1) is 11.9. The summed E-state index contributed by atoms with van der Waals surface area (Å²) in [4.78, 5) is 23.7. The molecule has 146 valence electrons. The Kier molecular flexibility index (Phi) is 9.00. The molecule has 1 aromatic rings. The summed E-state index contributed by atoms with van der Waals surface area (Å²) in [5.74, 6) is -0.0418. The van der Waals surface area contributed by atoms with E-state index in [-0.39, 0.29) is 29.8 Å². The molecule has 1 atom stereocenters. The van der Waals surface area contributed by atoms with Crippen LogP contribution in [-0.4, -0.2) is 46.9 Å². The lowest BCUT2D eigenvalue weighted by molar-refractivity contribution is -0.124. The van der Waals surface area contributed by atoms with Crippen LogP contribution in [-0.2, 0) is 19.6 Å². The lowest BCUT2D eigenvalue weighted by Gasteiger charge is -2.10. The summed E-state index contributed by atoms with van der Waals surface area (Å²) >= 11 is 0. The third-order valence-corrected chi connectivity index (χ3v) is 5.50. The quantitative estimate of drug-likeness (QED) is 0.502. The average molecular weight is 405 g/mol. The van der Waals surface area contributed by atoms with Crippen molar-refractivity contribution < 1.29 is 18.0 Å². The SMILES string of the molecule is CNS(=O)(=O)c1cccc(NC(=O)CNC(=O)CCC2CCNC2)c1.Cl. The Morgan fingerprint density at radius 1 is 1.27 bits per heavy atom. The zero-order chi connectivity index (χ0) is 18.3. The topological polar surface area (TPSA) is 116 Å². The number of anilines is 1. The molecule has 2 rings (SSSR count). The summed E-state index contributed by atoms with van der Waals surface area (Å²) in [5.41, 5.74) is 0.354. The Hall–Kier alpha value is -1.68. The molecular formula is C16H25ClN4O4S. The molecule has 1 aliphatic heterocycles. The molecule has 0 aliphatic carbocycles. The maximum Gasteiger partial charge on any atom is 0.243 e. The average Bonchev–Trinajstić information content (AvgIpc) is 3.12. The minimum absolute atomic E-state index is 0. The second-order valence-electron chi connectivity index (χ2n) is 5.96. The second kappa shape index (κ2) is 10.5. The van der Waals surface area contributed by atoms with Crippen LogP contribution in [0.2, 0.25) is 0 Å². The number of hydrogen-bond donors (Lipinski definition) is 4. The molecule has 1 aliphatic rings. The van der Waals surface area contributed by atoms with E-state index >= 15 is 0 Å². The number of rotatable bonds is 8. The van der Waals surface area contributed by atoms with Crippen molar-refractivity contribution in [1.82, 2.24) is 15.4 Å². The Bertz CT molecular complexity index is 721. The van der Waals surface area contributed by atoms with Crippen LogP contribution in [0.3, 0.4) is 0 Å². The van der Waals surface area contributed by atoms with Crippen molar-refractivity contribution in [2.75, 3.05) is 32.0 Å². The van der Waals surface area contributed by atoms with Gasteiger partial charge in [-0.1, -0.05) is 6.07 Å². The van der Waals surface area contributed by atoms with E-state index in [1.54, 1.807) is 6.07 Å². The van der Waals surface area contributed by atoms with Crippen LogP contribution in [0.5, 0.6) is 0 Å². The molecule has 0 saturated carbocycles. The Morgan fingerprint density at radius 3 is 2.69 bits per heavy atom. The maximum absolute atomic E-state index is 11.9. The van der Waals surface area contributed by atoms with E-state index < -0.39 is 15.9 Å². The number of halogens is 1. The normalized spacial score (nSPS) is 16.6. The fourth-order valence-corrected chi connectivity index (χ4v) is 3.40. The standard InChI is InChI=1S/C16H24N4O4S.ClH/c1-17-25(23,24)14-4-2-3-13(9-14)20-16(22)11-19-15(21)6-5-12-7-8-18-10-12;/h2-4,9,12,17-18H,5-8,10-11H2,1H3,(H,19,21)(H,20,22);1H. The number of hydrogen-bond acceptors (Lipinski definition) is 5. The molecular weight excluding hydrogens is 380 g/mol. The molecule has 0 spiro atoms. The van der Waals surface area contributed by atoms with Gasteiger partial charge in [-0.3, -0.25) is 9.59 Å². The van der Waals surface area contributed by atoms with Crippen molar-refractivity contribution in [2.45, 2.75) is 24.2 Å². The monoisotopic (exact) mass is 404 g/mol. The van der Waals surface area contributed by atoms with Crippen LogP contribution in [0.4, 0.5) is 5.69 Å². The van der Waals surface area contributed by atoms with Crippen LogP contribution in [0.25, 0.3) is 0 Å². The molecule has 0 bridgehead atoms. The lowest BCUT2D eigenvalue weighted by atomic mass is 10.0. The van der Waals surface area contributed by atoms with Gasteiger partial charge in [0.1, 0.15) is 0 Å². The molecule has 0 radical (unpaired) electrons. The largest absolute Gasteiger partial charge is 0.347 e. The van der Waals surface area contributed by atoms with Gasteiger partial charge in [-0.25, -0.2) is 13.1 Å². The molecule has 1 unspecified atom stereocenters. The van der Waals surface area contributed by atoms with Crippen LogP contribution < -0.4 is 20.7 Å². The van der Waals surface area contributed by atoms with Crippen LogP contribution >= 0.6 is 12.4 Å². The van der Waals surface area contributed by atoms with Gasteiger partial charge in [0.05, 0.1) is 11.4 Å². The first-order valence-electron chi connectivity index (χ1n) is 8.21. The van der Waals surface area contributed by atoms with E-state index in [1.807, 2.05) is 0 Å². The third kappa shape index (κ3) is 6.91. The van der Waals surface area contributed by atoms with Gasteiger partial charge >= 0.3 is 0 Å². The predicted molar refractivity (Wildman–Crippen MR) is 102 cm³/mol. The van der Waals surface area contributed by atoms with E-state index in [9.17, 15) is 18.0 Å². The van der Waals surface area contributed by atoms with Crippen LogP contribution in [0.1, 0.15) is 19.3 Å². The van der Waals surface area contributed by atoms with Gasteiger partial charge in [0.15, 0.2) is 0 Å². The van der Waals surface area contributed by atoms with Gasteiger partial charge in [0, 0.05) is 12.1 Å². The first-order valence-corrected chi connectivity index (χ1v) is 9.70. The van der Waals surface area contributed by atoms with Crippen molar-refractivity contribution >= 4 is 39.9 Å². The fraction of sp³-hybridized carbons (Fsp3) is 0.500. The molecule has 4 N–H and O–H groups in total. The number of carbonyl (C=O) groups excluding carboxylic acids is 2. The first kappa shape index (κ1) is 22.4. The van der Waals surface area contributed by atoms with Gasteiger partial charge in [0.25, 0.3) is 0 Å². The van der Waals surface area contributed by atoms with Gasteiger partial charge in [-0.2, -0.15) is 0 Å². The van der Waals surface area contributed by atoms with Crippen molar-refractivity contribution in [3.8, 4) is 0 Å². The lowest BCUT2D eigenvalue weighted by Crippen LogP contribution is -2.33. The molecule has 1 heterocycles. The smallest absolute Gasteiger partial charge is 0.243 e. The number of sulfonamides is 1. The Labute approximate surface area is 160 Å². The molecule has 1 aromatic carbocycles. The van der Waals surface area contributed by atoms with Crippen molar-refractivity contribution in [2.24, 2.45) is 5.92 Å². The molecule has 8 nitrogen and oxygen atoms in total. The third-order valence-electron chi connectivity index (χ3n) is 4.08. The summed E-state index contributed by atoms with van der Waals surface area (Å²) in [7, 11) is -2.26. The number of benzene rings is 1. The summed E-state index contributed by atoms with van der Waals surface area (Å²) < 4.78 is 25.7. The minimum atomic E-state index is -3.57. The highest BCUT2D eigenvalue weighted by Crippen LogP contribution is 2.15. The number of amides is 2. The summed E-state index contributed by atoms with van der Waals surface area (Å²) in [5, 5.41) is 8.41. The molecule has 0 aromatic heterocycles. The fourth-order valence-electron chi connectivity index (χ4n) is 2.63. The number of carbonyl (C=O) groups is 2. The van der Waals surface area contributed by atoms with Gasteiger partial charge in [0.2, 0.25) is 21.8 Å². The summed E-state index contributed by atoms with van der Waals surface area (Å²) in [6, 6.07) is 5.91. The van der Waals surface area contributed by atoms with Crippen molar-refractivity contribution in [3.63, 3.8) is 0 Å². The van der Waals surface area contributed by atoms with E-state index in [0.717, 1.165) is 25.9 Å². The second-order valence-corrected chi connectivity index (χ2v) is 7.84. The van der Waals surface area contributed by atoms with Gasteiger partial charge in [-0.05, 0) is 57.1 Å². The van der Waals surface area contributed by atoms with E-state index in [4.69, 9.17) is 0 Å². The zero-order valence-electron chi connectivity index (χ0n) is 14.6. The predicted octanol–water partition coefficient (Wildman–Crippen LogP) is 0.461. The molecule has 1 saturated heterocycles. The summed E-state index contributed by atoms with van der Waals surface area (Å²) in [6.07, 6.45) is 2.29. The van der Waals surface area contributed by atoms with Crippen LogP contribution in [0.15, 0.2) is 29.2 Å². The Balaban J connectivity index is 0.00000338. The zero-order valence-corrected chi connectivity index (χ0v) is 16.2. The van der Waals surface area contributed by atoms with E-state index in [1.165, 1.54) is 25.2 Å². The molecule has 26 heavy (non-hydrogen) atoms. The van der Waals surface area contributed by atoms with Gasteiger partial charge < -0.3 is 16.0 Å². The minimum Gasteiger partial charge on any atom is -0.347 e. The maximum atomic E-state index is 11.9. The Morgan fingerprint density at radius 2 is 2.04 bits per heavy atom. The van der Waals surface area contributed by atoms with Crippen LogP contribution in [0, 0.1) is 5.92 Å². The highest BCUT2D eigenvalue weighted by Gasteiger charge is 2.16.